The van der Waals surface area contributed by atoms with Crippen LogP contribution < -0.4 is 0 Å². The average molecular weight is 255 g/mol. The number of carbonyl (C=O) groups is 2. The molecule has 0 radical (unpaired) electrons. The molecule has 0 aromatic carbocycles. The number of unbranched alkanes of at least 4 members (excludes halogenated alkanes) is 1. The Labute approximate surface area is 110 Å². The van der Waals surface area contributed by atoms with Crippen LogP contribution in [-0.4, -0.2) is 28.5 Å². The van der Waals surface area contributed by atoms with E-state index < -0.39 is 11.7 Å². The molecule has 4 nitrogen and oxygen atoms in total. The monoisotopic (exact) mass is 255 g/mol. The van der Waals surface area contributed by atoms with Gasteiger partial charge in [0.1, 0.15) is 5.60 Å². The van der Waals surface area contributed by atoms with E-state index in [-0.39, 0.29) is 17.9 Å². The zero-order chi connectivity index (χ0) is 13.9. The van der Waals surface area contributed by atoms with Crippen LogP contribution in [0.15, 0.2) is 0 Å². The van der Waals surface area contributed by atoms with Crippen LogP contribution in [0, 0.1) is 5.92 Å². The van der Waals surface area contributed by atoms with E-state index in [1.54, 1.807) is 0 Å². The summed E-state index contributed by atoms with van der Waals surface area (Å²) in [7, 11) is 0. The van der Waals surface area contributed by atoms with Crippen molar-refractivity contribution in [2.45, 2.75) is 71.9 Å². The van der Waals surface area contributed by atoms with Crippen LogP contribution in [0.1, 0.15) is 60.3 Å². The van der Waals surface area contributed by atoms with Crippen molar-refractivity contribution < 1.29 is 14.3 Å². The number of rotatable bonds is 3. The molecule has 0 bridgehead atoms. The number of nitrogens with zero attached hydrogens (tertiary/aromatic N) is 1. The standard InChI is InChI=1S/C14H25NO3/c1-6-7-8-11-9-12(16)15(10(11)2)13(17)18-14(3,4)5/h10-11H,6-9H2,1-5H3. The van der Waals surface area contributed by atoms with Crippen molar-refractivity contribution in [2.24, 2.45) is 5.92 Å². The second kappa shape index (κ2) is 5.72. The molecule has 2 unspecified atom stereocenters. The molecule has 1 heterocycles. The second-order valence-corrected chi connectivity index (χ2v) is 6.09. The van der Waals surface area contributed by atoms with Gasteiger partial charge < -0.3 is 4.74 Å². The molecule has 104 valence electrons. The lowest BCUT2D eigenvalue weighted by molar-refractivity contribution is -0.127. The second-order valence-electron chi connectivity index (χ2n) is 6.09. The number of ether oxygens (including phenoxy) is 1. The van der Waals surface area contributed by atoms with E-state index in [9.17, 15) is 9.59 Å². The molecule has 0 aliphatic carbocycles. The SMILES string of the molecule is CCCCC1CC(=O)N(C(=O)OC(C)(C)C)C1C. The molecular weight excluding hydrogens is 230 g/mol. The van der Waals surface area contributed by atoms with Crippen LogP contribution in [0.4, 0.5) is 4.79 Å². The number of amides is 2. The smallest absolute Gasteiger partial charge is 0.417 e. The van der Waals surface area contributed by atoms with Gasteiger partial charge >= 0.3 is 6.09 Å². The highest BCUT2D eigenvalue weighted by Crippen LogP contribution is 2.30. The number of hydrogen-bond acceptors (Lipinski definition) is 3. The van der Waals surface area contributed by atoms with Gasteiger partial charge in [-0.05, 0) is 40.0 Å². The highest BCUT2D eigenvalue weighted by Gasteiger charge is 2.41. The van der Waals surface area contributed by atoms with Crippen molar-refractivity contribution in [3.63, 3.8) is 0 Å². The summed E-state index contributed by atoms with van der Waals surface area (Å²) in [5.41, 5.74) is -0.557. The van der Waals surface area contributed by atoms with Gasteiger partial charge in [-0.15, -0.1) is 0 Å². The lowest BCUT2D eigenvalue weighted by Crippen LogP contribution is -2.42. The maximum absolute atomic E-state index is 12.0. The molecule has 1 rings (SSSR count). The van der Waals surface area contributed by atoms with Crippen LogP contribution in [0.5, 0.6) is 0 Å². The molecule has 1 fully saturated rings. The van der Waals surface area contributed by atoms with Gasteiger partial charge in [-0.2, -0.15) is 0 Å². The Kier molecular flexibility index (Phi) is 4.77. The molecule has 1 saturated heterocycles. The Morgan fingerprint density at radius 3 is 2.56 bits per heavy atom. The van der Waals surface area contributed by atoms with Gasteiger partial charge in [0, 0.05) is 12.5 Å². The van der Waals surface area contributed by atoms with E-state index in [0.717, 1.165) is 19.3 Å². The minimum Gasteiger partial charge on any atom is -0.443 e. The van der Waals surface area contributed by atoms with Crippen LogP contribution in [0.2, 0.25) is 0 Å². The molecular formula is C14H25NO3. The maximum Gasteiger partial charge on any atom is 0.417 e. The van der Waals surface area contributed by atoms with E-state index >= 15 is 0 Å². The summed E-state index contributed by atoms with van der Waals surface area (Å²) in [6.07, 6.45) is 3.19. The first-order chi connectivity index (χ1) is 8.26. The quantitative estimate of drug-likeness (QED) is 0.777. The van der Waals surface area contributed by atoms with E-state index in [2.05, 4.69) is 6.92 Å². The third-order valence-corrected chi connectivity index (χ3v) is 3.31. The predicted octanol–water partition coefficient (Wildman–Crippen LogP) is 3.35. The van der Waals surface area contributed by atoms with Crippen LogP contribution >= 0.6 is 0 Å². The Balaban J connectivity index is 2.66. The Morgan fingerprint density at radius 2 is 2.06 bits per heavy atom. The van der Waals surface area contributed by atoms with Crippen molar-refractivity contribution in [3.8, 4) is 0 Å². The Bertz CT molecular complexity index is 319. The van der Waals surface area contributed by atoms with Crippen molar-refractivity contribution in [1.82, 2.24) is 4.90 Å². The molecule has 0 saturated carbocycles. The van der Waals surface area contributed by atoms with Gasteiger partial charge in [0.05, 0.1) is 0 Å². The van der Waals surface area contributed by atoms with Gasteiger partial charge in [0.2, 0.25) is 5.91 Å². The Hall–Kier alpha value is -1.06. The molecule has 0 spiro atoms. The van der Waals surface area contributed by atoms with E-state index in [4.69, 9.17) is 4.74 Å². The molecule has 2 amide bonds. The molecule has 2 atom stereocenters. The average Bonchev–Trinajstić information content (AvgIpc) is 2.48. The minimum atomic E-state index is -0.557. The minimum absolute atomic E-state index is 0.0427. The topological polar surface area (TPSA) is 46.6 Å². The molecule has 1 aliphatic rings. The molecule has 0 aromatic rings. The van der Waals surface area contributed by atoms with Crippen LogP contribution in [0.25, 0.3) is 0 Å². The van der Waals surface area contributed by atoms with E-state index in [1.807, 2.05) is 27.7 Å². The highest BCUT2D eigenvalue weighted by atomic mass is 16.6. The van der Waals surface area contributed by atoms with Gasteiger partial charge in [-0.3, -0.25) is 4.79 Å². The zero-order valence-corrected chi connectivity index (χ0v) is 12.2. The van der Waals surface area contributed by atoms with Gasteiger partial charge in [0.15, 0.2) is 0 Å². The fraction of sp³-hybridized carbons (Fsp3) is 0.857. The summed E-state index contributed by atoms with van der Waals surface area (Å²) in [6, 6.07) is -0.0427. The molecule has 4 heteroatoms. The van der Waals surface area contributed by atoms with Gasteiger partial charge in [-0.25, -0.2) is 9.69 Å². The largest absolute Gasteiger partial charge is 0.443 e. The first-order valence-corrected chi connectivity index (χ1v) is 6.81. The number of hydrogen-bond donors (Lipinski definition) is 0. The van der Waals surface area contributed by atoms with Crippen LogP contribution in [-0.2, 0) is 9.53 Å². The fourth-order valence-corrected chi connectivity index (χ4v) is 2.32. The van der Waals surface area contributed by atoms with Crippen LogP contribution in [0.3, 0.4) is 0 Å². The summed E-state index contributed by atoms with van der Waals surface area (Å²) < 4.78 is 5.28. The first-order valence-electron chi connectivity index (χ1n) is 6.81. The zero-order valence-electron chi connectivity index (χ0n) is 12.2. The number of carbonyl (C=O) groups excluding carboxylic acids is 2. The molecule has 0 N–H and O–H groups in total. The summed E-state index contributed by atoms with van der Waals surface area (Å²) in [5.74, 6) is 0.183. The molecule has 1 aliphatic heterocycles. The highest BCUT2D eigenvalue weighted by molar-refractivity contribution is 5.94. The number of imide groups is 1. The third-order valence-electron chi connectivity index (χ3n) is 3.31. The first kappa shape index (κ1) is 15.0. The van der Waals surface area contributed by atoms with E-state index in [0.29, 0.717) is 6.42 Å². The lowest BCUT2D eigenvalue weighted by Gasteiger charge is -2.27. The summed E-state index contributed by atoms with van der Waals surface area (Å²) in [5, 5.41) is 0. The van der Waals surface area contributed by atoms with E-state index in [1.165, 1.54) is 4.90 Å². The van der Waals surface area contributed by atoms with Gasteiger partial charge in [-0.1, -0.05) is 19.8 Å². The lowest BCUT2D eigenvalue weighted by atomic mass is 9.95. The summed E-state index contributed by atoms with van der Waals surface area (Å²) >= 11 is 0. The summed E-state index contributed by atoms with van der Waals surface area (Å²) in [4.78, 5) is 25.2. The fourth-order valence-electron chi connectivity index (χ4n) is 2.32. The van der Waals surface area contributed by atoms with Crippen molar-refractivity contribution >= 4 is 12.0 Å². The Morgan fingerprint density at radius 1 is 1.44 bits per heavy atom. The van der Waals surface area contributed by atoms with Crippen molar-refractivity contribution in [2.75, 3.05) is 0 Å². The van der Waals surface area contributed by atoms with Gasteiger partial charge in [0.25, 0.3) is 0 Å². The normalized spacial score (nSPS) is 24.5. The molecule has 0 aromatic heterocycles. The summed E-state index contributed by atoms with van der Waals surface area (Å²) in [6.45, 7) is 9.50. The maximum atomic E-state index is 12.0. The number of likely N-dealkylation sites (tertiary alicyclic amines) is 1. The third kappa shape index (κ3) is 3.72. The molecule has 18 heavy (non-hydrogen) atoms. The predicted molar refractivity (Wildman–Crippen MR) is 70.2 cm³/mol. The van der Waals surface area contributed by atoms with Crippen molar-refractivity contribution in [3.05, 3.63) is 0 Å². The van der Waals surface area contributed by atoms with Crippen molar-refractivity contribution in [1.29, 1.82) is 0 Å².